The average molecular weight is 1620 g/mol. The van der Waals surface area contributed by atoms with Crippen molar-refractivity contribution in [2.24, 2.45) is 40.9 Å². The highest BCUT2D eigenvalue weighted by Gasteiger charge is 2.35. The van der Waals surface area contributed by atoms with Crippen LogP contribution in [0.2, 0.25) is 0 Å². The number of nitrogens with two attached hydrogens (primary N) is 5. The molecule has 0 aromatic heterocycles. The molecule has 4 heterocycles. The molecule has 14 rings (SSSR count). The van der Waals surface area contributed by atoms with Gasteiger partial charge in [-0.3, -0.25) is 29.0 Å². The number of nitrogen functional groups attached to an aromatic ring is 5. The number of carbonyl (C=O) groups is 4. The summed E-state index contributed by atoms with van der Waals surface area (Å²) < 4.78 is 3.83. The van der Waals surface area contributed by atoms with Crippen LogP contribution in [0, 0.1) is 0 Å². The third-order valence-electron chi connectivity index (χ3n) is 21.9. The molecule has 0 saturated carbocycles. The average Bonchev–Trinajstić information content (AvgIpc) is 1.45. The van der Waals surface area contributed by atoms with Crippen LogP contribution in [0.25, 0.3) is 43.1 Å². The fraction of sp³-hybridized carbons (Fsp3) is 0.250. The summed E-state index contributed by atoms with van der Waals surface area (Å²) in [6.07, 6.45) is 18.2. The van der Waals surface area contributed by atoms with Crippen molar-refractivity contribution in [1.82, 2.24) is 29.4 Å². The topological polar surface area (TPSA) is 401 Å². The highest BCUT2D eigenvalue weighted by molar-refractivity contribution is 6.06. The van der Waals surface area contributed by atoms with Gasteiger partial charge in [-0.25, -0.2) is 0 Å². The lowest BCUT2D eigenvalue weighted by Gasteiger charge is -2.22. The van der Waals surface area contributed by atoms with Gasteiger partial charge in [-0.1, -0.05) is 48.5 Å². The number of hydrogen-bond acceptors (Lipinski definition) is 22. The Hall–Kier alpha value is -14.3. The van der Waals surface area contributed by atoms with Crippen LogP contribution in [-0.4, -0.2) is 211 Å². The van der Waals surface area contributed by atoms with Crippen molar-refractivity contribution < 1.29 is 63.2 Å². The number of anilines is 5. The van der Waals surface area contributed by atoms with Crippen molar-refractivity contribution in [2.75, 3.05) is 137 Å². The minimum Gasteiger partial charge on any atom is -0.508 e. The van der Waals surface area contributed by atoms with Gasteiger partial charge in [0.05, 0.1) is 81.1 Å². The van der Waals surface area contributed by atoms with E-state index in [0.29, 0.717) is 137 Å². The van der Waals surface area contributed by atoms with Gasteiger partial charge in [0.15, 0.2) is 0 Å². The summed E-state index contributed by atoms with van der Waals surface area (Å²) in [5, 5.41) is 73.1. The largest absolute Gasteiger partial charge is 0.524 e. The number of amides is 4. The zero-order valence-electron chi connectivity index (χ0n) is 68.4. The van der Waals surface area contributed by atoms with Gasteiger partial charge < -0.3 is 73.4 Å². The first-order valence-electron chi connectivity index (χ1n) is 39.6. The fourth-order valence-electron chi connectivity index (χ4n) is 14.9. The molecule has 10 aromatic carbocycles. The summed E-state index contributed by atoms with van der Waals surface area (Å²) in [4.78, 5) is 68.3. The Kier molecular flexibility index (Phi) is 26.0. The summed E-state index contributed by atoms with van der Waals surface area (Å²) >= 11 is 0. The molecule has 0 fully saturated rings. The smallest absolute Gasteiger partial charge is 0.508 e. The number of rotatable bonds is 26. The van der Waals surface area contributed by atoms with E-state index >= 15 is 0 Å². The molecule has 6 unspecified atom stereocenters. The van der Waals surface area contributed by atoms with Gasteiger partial charge in [-0.15, -0.1) is 20.5 Å². The Labute approximate surface area is 694 Å². The fourth-order valence-corrected chi connectivity index (χ4v) is 14.9. The van der Waals surface area contributed by atoms with Crippen LogP contribution in [-0.2, 0) is 0 Å². The summed E-state index contributed by atoms with van der Waals surface area (Å²) in [6.45, 7) is 4.93. The number of carbonyl (C=O) groups excluding carboxylic acids is 4. The van der Waals surface area contributed by atoms with Gasteiger partial charge >= 0.3 is 11.9 Å². The molecule has 4 aliphatic rings. The minimum absolute atomic E-state index is 0.0339. The quantitative estimate of drug-likeness (QED) is 0.0106. The van der Waals surface area contributed by atoms with Crippen molar-refractivity contribution in [3.8, 4) is 17.2 Å². The number of fused-ring (bicyclic) bond motifs is 4. The maximum Gasteiger partial charge on any atom is 0.524 e. The lowest BCUT2D eigenvalue weighted by Crippen LogP contribution is -3.11. The number of quaternary nitrogens is 4. The van der Waals surface area contributed by atoms with E-state index < -0.39 is 0 Å². The second-order valence-corrected chi connectivity index (χ2v) is 30.3. The summed E-state index contributed by atoms with van der Waals surface area (Å²) in [5.41, 5.74) is 37.6. The predicted molar refractivity (Wildman–Crippen MR) is 465 cm³/mol. The predicted octanol–water partition coefficient (Wildman–Crippen LogP) is 7.90. The number of benzene rings is 10. The van der Waals surface area contributed by atoms with Crippen molar-refractivity contribution in [2.45, 2.75) is 38.3 Å². The normalized spacial score (nSPS) is 17.6. The van der Waals surface area contributed by atoms with Gasteiger partial charge in [0.2, 0.25) is 0 Å². The number of phenols is 3. The molecule has 6 atom stereocenters. The van der Waals surface area contributed by atoms with E-state index in [4.69, 9.17) is 28.7 Å². The van der Waals surface area contributed by atoms with E-state index in [0.717, 1.165) is 88.6 Å². The van der Waals surface area contributed by atoms with Crippen LogP contribution in [0.15, 0.2) is 260 Å². The molecule has 17 N–H and O–H groups in total. The van der Waals surface area contributed by atoms with Crippen LogP contribution in [0.5, 0.6) is 17.2 Å². The van der Waals surface area contributed by atoms with Gasteiger partial charge in [-0.2, -0.15) is 19.0 Å². The van der Waals surface area contributed by atoms with E-state index in [-0.39, 0.29) is 53.5 Å². The second-order valence-electron chi connectivity index (χ2n) is 30.3. The number of nitrogens with one attached hydrogen (secondary N) is 4. The van der Waals surface area contributed by atoms with E-state index in [2.05, 4.69) is 40.9 Å². The Balaban J connectivity index is 0.000000207. The molecule has 0 radical (unpaired) electrons. The molecule has 4 aliphatic heterocycles. The lowest BCUT2D eigenvalue weighted by molar-refractivity contribution is -0.877. The summed E-state index contributed by atoms with van der Waals surface area (Å²) in [7, 11) is 14.8. The molecule has 616 valence electrons. The molecular formula is C88H103N25O7+6. The molecular weight excluding hydrogens is 1520 g/mol. The second kappa shape index (κ2) is 37.3. The molecule has 4 amide bonds. The van der Waals surface area contributed by atoms with E-state index in [1.165, 1.54) is 6.07 Å². The number of hydrogen-bond donors (Lipinski definition) is 12. The first kappa shape index (κ1) is 83.6. The molecule has 32 nitrogen and oxygen atoms in total. The van der Waals surface area contributed by atoms with Crippen LogP contribution in [0.1, 0.15) is 67.1 Å². The Bertz CT molecular complexity index is 5880. The molecule has 0 spiro atoms. The van der Waals surface area contributed by atoms with Crippen molar-refractivity contribution in [3.05, 3.63) is 242 Å². The minimum atomic E-state index is -0.303. The van der Waals surface area contributed by atoms with Crippen LogP contribution >= 0.6 is 0 Å². The Morgan fingerprint density at radius 1 is 0.383 bits per heavy atom. The zero-order valence-corrected chi connectivity index (χ0v) is 68.4. The molecule has 0 bridgehead atoms. The van der Waals surface area contributed by atoms with Crippen LogP contribution in [0.3, 0.4) is 0 Å². The number of phenolic OH excluding ortho intramolecular Hbond substituents is 3. The first-order chi connectivity index (χ1) is 57.8. The highest BCUT2D eigenvalue weighted by atomic mass is 16.3. The first-order valence-corrected chi connectivity index (χ1v) is 39.6. The number of aromatic hydroxyl groups is 3. The Morgan fingerprint density at radius 3 is 1.15 bits per heavy atom. The lowest BCUT2D eigenvalue weighted by atomic mass is 10.1. The number of azo groups is 4. The maximum atomic E-state index is 13.4. The van der Waals surface area contributed by atoms with Crippen molar-refractivity contribution in [3.63, 3.8) is 0 Å². The molecule has 0 aliphatic carbocycles. The molecule has 0 saturated heterocycles. The standard InChI is InChI=1S/C44H49N13O3.C44H48N12O4/c1-52(19-9-21-56-25-23-54(3)43(56)50-48-36-27-35(45)39(46)33-13-7-5-11-31(33)36)41(59)29-15-17-30(18-16-29)42(60)53(2)20-10-22-57-26-24-55(4)44(57)51-49-37-28-38(58)40(47)34-14-8-6-12-32(34)37;1-51(19-5-21-55-25-23-53(3)43(55)49-47-39-17-15-37(45)35-27-31(57)11-13-33(35)39)41(59)29-7-9-30(10-8-29)42(60)52(2)20-6-22-56-26-24-54(4)44(56)50-48-40-18-16-38(46)36-28-32(58)12-14-34(36)40/h5-8,11-18,23-28,44H,9-10,19-22H2,1-4H3,(H6,45,46,47,48,49,51,58,59,60);7-18,23-28,43H,5-6,19-22H2,1-4H3,(H5,45,46,47,48,49,57,58,59,60)/p+6. The van der Waals surface area contributed by atoms with Gasteiger partial charge in [0.25, 0.3) is 36.2 Å². The highest BCUT2D eigenvalue weighted by Crippen LogP contribution is 2.39. The summed E-state index contributed by atoms with van der Waals surface area (Å²) in [6, 6.07) is 49.3. The van der Waals surface area contributed by atoms with Crippen LogP contribution in [0.4, 0.5) is 51.2 Å². The third kappa shape index (κ3) is 19.0. The van der Waals surface area contributed by atoms with Gasteiger partial charge in [-0.05, 0) is 125 Å². The zero-order chi connectivity index (χ0) is 85.0. The Morgan fingerprint density at radius 2 is 0.733 bits per heavy atom. The number of guanidine groups is 2. The van der Waals surface area contributed by atoms with Crippen LogP contribution < -0.4 is 48.3 Å². The van der Waals surface area contributed by atoms with Crippen molar-refractivity contribution >= 4 is 130 Å². The molecule has 10 aromatic rings. The molecule has 120 heavy (non-hydrogen) atoms. The monoisotopic (exact) mass is 1620 g/mol. The SMILES string of the molecule is CN(CCC[NH+]1C=C[N+](C)=C1N=Nc1cc(N)c(N)c2ccccc12)C(=O)c1ccc(C(=O)N(C)CCC[NH+]2C=CN(C)C2N=Nc2cc(O)c(N)c3ccccc23)cc1.CN(CCC[NH+]1C=C[N+](C)=C1N=Nc1ccc(N)c2cc(O)ccc12)C(=O)c1ccc(C(=O)N(C)CCC[NH+]2C=CN(C)C2N=Nc2ccc(N)c3cc(O)ccc23)cc1. The third-order valence-corrected chi connectivity index (χ3v) is 21.9. The molecule has 32 heteroatoms. The van der Waals surface area contributed by atoms with Gasteiger partial charge in [0, 0.05) is 177 Å². The van der Waals surface area contributed by atoms with Gasteiger partial charge in [0.1, 0.15) is 76.1 Å². The van der Waals surface area contributed by atoms with E-state index in [9.17, 15) is 34.5 Å². The number of nitrogens with zero attached hydrogens (tertiary/aromatic N) is 16. The van der Waals surface area contributed by atoms with E-state index in [1.54, 1.807) is 151 Å². The van der Waals surface area contributed by atoms with E-state index in [1.807, 2.05) is 157 Å². The summed E-state index contributed by atoms with van der Waals surface area (Å²) in [5.74, 6) is 1.19. The van der Waals surface area contributed by atoms with Crippen molar-refractivity contribution in [1.29, 1.82) is 0 Å². The maximum absolute atomic E-state index is 13.4.